The highest BCUT2D eigenvalue weighted by atomic mass is 19.2. The van der Waals surface area contributed by atoms with Crippen molar-refractivity contribution >= 4 is 12.2 Å². The summed E-state index contributed by atoms with van der Waals surface area (Å²) in [5.74, 6) is -3.78. The minimum absolute atomic E-state index is 0.0781. The van der Waals surface area contributed by atoms with E-state index in [1.165, 1.54) is 48.6 Å². The van der Waals surface area contributed by atoms with E-state index >= 15 is 0 Å². The summed E-state index contributed by atoms with van der Waals surface area (Å²) in [5.41, 5.74) is 0.156. The molecule has 0 amide bonds. The topological polar surface area (TPSA) is 0 Å². The van der Waals surface area contributed by atoms with Gasteiger partial charge in [-0.2, -0.15) is 0 Å². The van der Waals surface area contributed by atoms with Crippen molar-refractivity contribution in [2.24, 2.45) is 0 Å². The van der Waals surface area contributed by atoms with Crippen LogP contribution in [0.4, 0.5) is 17.6 Å². The Hall–Kier alpha value is -2.36. The molecule has 0 aliphatic heterocycles. The maximum atomic E-state index is 13.3. The molecule has 0 fully saturated rings. The van der Waals surface area contributed by atoms with E-state index in [2.05, 4.69) is 0 Å². The van der Waals surface area contributed by atoms with Gasteiger partial charge in [0.2, 0.25) is 0 Å². The van der Waals surface area contributed by atoms with Crippen molar-refractivity contribution in [1.29, 1.82) is 0 Å². The third kappa shape index (κ3) is 3.15. The van der Waals surface area contributed by atoms with Crippen LogP contribution in [-0.4, -0.2) is 0 Å². The molecule has 2 rings (SSSR count). The van der Waals surface area contributed by atoms with Crippen molar-refractivity contribution in [2.75, 3.05) is 0 Å². The van der Waals surface area contributed by atoms with Crippen LogP contribution in [0.5, 0.6) is 0 Å². The molecule has 0 unspecified atom stereocenters. The third-order valence-corrected chi connectivity index (χ3v) is 2.63. The number of halogens is 4. The van der Waals surface area contributed by atoms with E-state index < -0.39 is 23.3 Å². The molecule has 0 spiro atoms. The number of hydrogen-bond donors (Lipinski definition) is 0. The molecule has 0 aromatic heterocycles. The summed E-state index contributed by atoms with van der Waals surface area (Å²) in [5, 5.41) is 0. The lowest BCUT2D eigenvalue weighted by Crippen LogP contribution is -1.87. The second-order valence-corrected chi connectivity index (χ2v) is 4.00. The van der Waals surface area contributed by atoms with Crippen LogP contribution in [0.25, 0.3) is 12.2 Å². The average Bonchev–Trinajstić information content (AvgIpc) is 2.43. The fourth-order valence-electron chi connectivity index (χ4n) is 1.62. The van der Waals surface area contributed by atoms with Gasteiger partial charge in [0.25, 0.3) is 0 Å². The van der Waals surface area contributed by atoms with E-state index in [4.69, 9.17) is 0 Å². The lowest BCUT2D eigenvalue weighted by atomic mass is 10.1. The highest BCUT2D eigenvalue weighted by molar-refractivity contribution is 5.57. The molecule has 102 valence electrons. The van der Waals surface area contributed by atoms with Gasteiger partial charge in [0.15, 0.2) is 23.3 Å². The van der Waals surface area contributed by atoms with Gasteiger partial charge in [-0.15, -0.1) is 0 Å². The van der Waals surface area contributed by atoms with Crippen LogP contribution in [0.1, 0.15) is 11.1 Å². The first kappa shape index (κ1) is 14.1. The van der Waals surface area contributed by atoms with Gasteiger partial charge < -0.3 is 0 Å². The fourth-order valence-corrected chi connectivity index (χ4v) is 1.62. The van der Waals surface area contributed by atoms with Crippen LogP contribution in [0.2, 0.25) is 0 Å². The summed E-state index contributed by atoms with van der Waals surface area (Å²) in [4.78, 5) is 0. The van der Waals surface area contributed by atoms with Gasteiger partial charge >= 0.3 is 0 Å². The molecule has 0 bridgehead atoms. The zero-order valence-electron chi connectivity index (χ0n) is 10.3. The summed E-state index contributed by atoms with van der Waals surface area (Å²) in [6.07, 6.45) is 5.52. The van der Waals surface area contributed by atoms with Crippen LogP contribution in [-0.2, 0) is 0 Å². The summed E-state index contributed by atoms with van der Waals surface area (Å²) in [6.45, 7) is 0. The van der Waals surface area contributed by atoms with Crippen LogP contribution >= 0.6 is 0 Å². The molecule has 0 atom stereocenters. The molecule has 0 N–H and O–H groups in total. The summed E-state index contributed by atoms with van der Waals surface area (Å²) >= 11 is 0. The Bertz CT molecular complexity index is 613. The fraction of sp³-hybridized carbons (Fsp3) is 0. The Morgan fingerprint density at radius 1 is 0.600 bits per heavy atom. The van der Waals surface area contributed by atoms with E-state index in [-0.39, 0.29) is 11.1 Å². The molecule has 0 aliphatic rings. The first-order valence-electron chi connectivity index (χ1n) is 5.82. The van der Waals surface area contributed by atoms with Crippen LogP contribution in [0.15, 0.2) is 48.6 Å². The zero-order chi connectivity index (χ0) is 14.5. The Morgan fingerprint density at radius 3 is 1.40 bits per heavy atom. The maximum Gasteiger partial charge on any atom is 0.166 e. The third-order valence-electron chi connectivity index (χ3n) is 2.63. The van der Waals surface area contributed by atoms with E-state index in [0.717, 1.165) is 12.1 Å². The molecule has 0 radical (unpaired) electrons. The Balaban J connectivity index is 2.15. The minimum atomic E-state index is -0.950. The molecule has 0 saturated heterocycles. The van der Waals surface area contributed by atoms with E-state index in [0.29, 0.717) is 0 Å². The first-order chi connectivity index (χ1) is 9.59. The van der Waals surface area contributed by atoms with Crippen molar-refractivity contribution in [3.8, 4) is 0 Å². The highest BCUT2D eigenvalue weighted by Crippen LogP contribution is 2.14. The largest absolute Gasteiger partial charge is 0.204 e. The van der Waals surface area contributed by atoms with Gasteiger partial charge in [-0.3, -0.25) is 0 Å². The number of hydrogen-bond acceptors (Lipinski definition) is 0. The van der Waals surface area contributed by atoms with Gasteiger partial charge in [-0.1, -0.05) is 48.6 Å². The molecule has 0 nitrogen and oxygen atoms in total. The predicted octanol–water partition coefficient (Wildman–Crippen LogP) is 4.97. The van der Waals surface area contributed by atoms with Gasteiger partial charge in [0.05, 0.1) is 0 Å². The predicted molar refractivity (Wildman–Crippen MR) is 70.8 cm³/mol. The lowest BCUT2D eigenvalue weighted by Gasteiger charge is -1.97. The summed E-state index contributed by atoms with van der Waals surface area (Å²) in [7, 11) is 0. The molecule has 0 saturated carbocycles. The smallest absolute Gasteiger partial charge is 0.166 e. The monoisotopic (exact) mass is 278 g/mol. The first-order valence-corrected chi connectivity index (χ1v) is 5.82. The number of allylic oxidation sites excluding steroid dienone is 2. The van der Waals surface area contributed by atoms with Crippen molar-refractivity contribution in [3.63, 3.8) is 0 Å². The summed E-state index contributed by atoms with van der Waals surface area (Å²) < 4.78 is 52.5. The molecule has 0 aliphatic carbocycles. The van der Waals surface area contributed by atoms with Gasteiger partial charge in [0, 0.05) is 11.1 Å². The van der Waals surface area contributed by atoms with Gasteiger partial charge in [-0.05, 0) is 12.1 Å². The normalized spacial score (nSPS) is 11.6. The summed E-state index contributed by atoms with van der Waals surface area (Å²) in [6, 6.07) is 7.62. The molecule has 2 aromatic carbocycles. The zero-order valence-corrected chi connectivity index (χ0v) is 10.3. The number of benzene rings is 2. The van der Waals surface area contributed by atoms with Crippen LogP contribution in [0.3, 0.4) is 0 Å². The molecule has 20 heavy (non-hydrogen) atoms. The molecular weight excluding hydrogens is 268 g/mol. The van der Waals surface area contributed by atoms with Crippen LogP contribution in [0, 0.1) is 23.3 Å². The second kappa shape index (κ2) is 6.19. The minimum Gasteiger partial charge on any atom is -0.204 e. The Morgan fingerprint density at radius 2 is 1.00 bits per heavy atom. The maximum absolute atomic E-state index is 13.3. The molecule has 4 heteroatoms. The van der Waals surface area contributed by atoms with E-state index in [1.807, 2.05) is 0 Å². The lowest BCUT2D eigenvalue weighted by molar-refractivity contribution is 0.507. The number of rotatable bonds is 3. The molecule has 0 heterocycles. The SMILES string of the molecule is Fc1cccc(/C=C/C=C/c2cccc(F)c2F)c1F. The molecule has 2 aromatic rings. The van der Waals surface area contributed by atoms with Crippen molar-refractivity contribution in [1.82, 2.24) is 0 Å². The second-order valence-electron chi connectivity index (χ2n) is 4.00. The van der Waals surface area contributed by atoms with E-state index in [1.54, 1.807) is 0 Å². The standard InChI is InChI=1S/C16H10F4/c17-13-9-3-7-11(15(13)19)5-1-2-6-12-8-4-10-14(18)16(12)20/h1-10H/b5-1+,6-2+. The Kier molecular flexibility index (Phi) is 4.35. The van der Waals surface area contributed by atoms with Crippen molar-refractivity contribution in [2.45, 2.75) is 0 Å². The average molecular weight is 278 g/mol. The van der Waals surface area contributed by atoms with Gasteiger partial charge in [0.1, 0.15) is 0 Å². The van der Waals surface area contributed by atoms with Crippen molar-refractivity contribution < 1.29 is 17.6 Å². The van der Waals surface area contributed by atoms with Crippen LogP contribution < -0.4 is 0 Å². The highest BCUT2D eigenvalue weighted by Gasteiger charge is 2.04. The van der Waals surface area contributed by atoms with Crippen molar-refractivity contribution in [3.05, 3.63) is 82.9 Å². The van der Waals surface area contributed by atoms with Gasteiger partial charge in [-0.25, -0.2) is 17.6 Å². The van der Waals surface area contributed by atoms with E-state index in [9.17, 15) is 17.6 Å². The molecular formula is C16H10F4. The Labute approximate surface area is 113 Å². The quantitative estimate of drug-likeness (QED) is 0.549.